The van der Waals surface area contributed by atoms with E-state index in [1.807, 2.05) is 0 Å². The van der Waals surface area contributed by atoms with Crippen molar-refractivity contribution in [2.75, 3.05) is 0 Å². The second-order valence-corrected chi connectivity index (χ2v) is 5.16. The van der Waals surface area contributed by atoms with Gasteiger partial charge in [0.25, 0.3) is 0 Å². The number of hydrogen-bond acceptors (Lipinski definition) is 2. The van der Waals surface area contributed by atoms with E-state index in [2.05, 4.69) is 26.1 Å². The van der Waals surface area contributed by atoms with Crippen LogP contribution in [0.3, 0.4) is 0 Å². The van der Waals surface area contributed by atoms with Crippen molar-refractivity contribution in [3.8, 4) is 0 Å². The zero-order valence-corrected chi connectivity index (χ0v) is 9.79. The molecule has 14 heavy (non-hydrogen) atoms. The molecule has 0 aromatic rings. The molecule has 0 aromatic carbocycles. The second-order valence-electron chi connectivity index (χ2n) is 5.16. The highest BCUT2D eigenvalue weighted by atomic mass is 16.3. The maximum Gasteiger partial charge on any atom is 0.0693 e. The summed E-state index contributed by atoms with van der Waals surface area (Å²) in [4.78, 5) is 0. The van der Waals surface area contributed by atoms with Crippen molar-refractivity contribution in [3.05, 3.63) is 0 Å². The van der Waals surface area contributed by atoms with E-state index in [0.29, 0.717) is 12.1 Å². The molecule has 1 rings (SSSR count). The maximum atomic E-state index is 9.79. The van der Waals surface area contributed by atoms with Crippen LogP contribution in [0.15, 0.2) is 0 Å². The van der Waals surface area contributed by atoms with E-state index in [-0.39, 0.29) is 6.10 Å². The van der Waals surface area contributed by atoms with Gasteiger partial charge in [0.05, 0.1) is 6.10 Å². The molecule has 3 atom stereocenters. The molecule has 1 aliphatic carbocycles. The number of aliphatic hydroxyl groups is 1. The molecule has 2 N–H and O–H groups in total. The Bertz CT molecular complexity index is 158. The van der Waals surface area contributed by atoms with Gasteiger partial charge < -0.3 is 10.4 Å². The van der Waals surface area contributed by atoms with E-state index >= 15 is 0 Å². The summed E-state index contributed by atoms with van der Waals surface area (Å²) in [6, 6.07) is 0.880. The molecule has 0 bridgehead atoms. The van der Waals surface area contributed by atoms with E-state index in [1.54, 1.807) is 0 Å². The molecule has 0 aromatic heterocycles. The van der Waals surface area contributed by atoms with Crippen molar-refractivity contribution in [1.29, 1.82) is 0 Å². The Morgan fingerprint density at radius 3 is 2.43 bits per heavy atom. The summed E-state index contributed by atoms with van der Waals surface area (Å²) >= 11 is 0. The predicted molar refractivity (Wildman–Crippen MR) is 60.3 cm³/mol. The van der Waals surface area contributed by atoms with Crippen LogP contribution in [0.2, 0.25) is 0 Å². The third-order valence-corrected chi connectivity index (χ3v) is 3.05. The van der Waals surface area contributed by atoms with Crippen molar-refractivity contribution >= 4 is 0 Å². The van der Waals surface area contributed by atoms with E-state index in [1.165, 1.54) is 19.3 Å². The van der Waals surface area contributed by atoms with Gasteiger partial charge in [0.15, 0.2) is 0 Å². The molecular weight excluding hydrogens is 174 g/mol. The van der Waals surface area contributed by atoms with Gasteiger partial charge in [-0.05, 0) is 32.1 Å². The van der Waals surface area contributed by atoms with Gasteiger partial charge in [-0.1, -0.05) is 26.7 Å². The summed E-state index contributed by atoms with van der Waals surface area (Å²) in [5.41, 5.74) is 0. The Morgan fingerprint density at radius 1 is 1.21 bits per heavy atom. The van der Waals surface area contributed by atoms with Gasteiger partial charge in [-0.2, -0.15) is 0 Å². The average molecular weight is 199 g/mol. The van der Waals surface area contributed by atoms with E-state index in [0.717, 1.165) is 18.8 Å². The molecular formula is C12H25NO. The summed E-state index contributed by atoms with van der Waals surface area (Å²) < 4.78 is 0. The SMILES string of the molecule is CC(C)C[C@H](C)N[C@@H]1CCCC[C@@H]1O. The first-order valence-electron chi connectivity index (χ1n) is 6.03. The molecule has 0 unspecified atom stereocenters. The van der Waals surface area contributed by atoms with Crippen LogP contribution in [0.1, 0.15) is 52.9 Å². The van der Waals surface area contributed by atoms with Crippen LogP contribution in [0.5, 0.6) is 0 Å². The summed E-state index contributed by atoms with van der Waals surface area (Å²) in [6.45, 7) is 6.71. The average Bonchev–Trinajstić information content (AvgIpc) is 2.07. The van der Waals surface area contributed by atoms with Gasteiger partial charge in [-0.25, -0.2) is 0 Å². The van der Waals surface area contributed by atoms with Crippen molar-refractivity contribution in [2.24, 2.45) is 5.92 Å². The molecule has 2 heteroatoms. The predicted octanol–water partition coefficient (Wildman–Crippen LogP) is 2.31. The quantitative estimate of drug-likeness (QED) is 0.728. The van der Waals surface area contributed by atoms with Crippen LogP contribution in [-0.2, 0) is 0 Å². The zero-order chi connectivity index (χ0) is 10.6. The fourth-order valence-corrected chi connectivity index (χ4v) is 2.45. The highest BCUT2D eigenvalue weighted by Gasteiger charge is 2.23. The van der Waals surface area contributed by atoms with E-state index in [4.69, 9.17) is 0 Å². The third kappa shape index (κ3) is 3.97. The van der Waals surface area contributed by atoms with Crippen LogP contribution >= 0.6 is 0 Å². The van der Waals surface area contributed by atoms with Crippen LogP contribution in [-0.4, -0.2) is 23.3 Å². The molecule has 0 spiro atoms. The molecule has 0 radical (unpaired) electrons. The Morgan fingerprint density at radius 2 is 1.86 bits per heavy atom. The van der Waals surface area contributed by atoms with Crippen LogP contribution < -0.4 is 5.32 Å². The first-order chi connectivity index (χ1) is 6.59. The smallest absolute Gasteiger partial charge is 0.0693 e. The third-order valence-electron chi connectivity index (χ3n) is 3.05. The lowest BCUT2D eigenvalue weighted by Crippen LogP contribution is -2.46. The van der Waals surface area contributed by atoms with Crippen molar-refractivity contribution < 1.29 is 5.11 Å². The van der Waals surface area contributed by atoms with E-state index in [9.17, 15) is 5.11 Å². The van der Waals surface area contributed by atoms with E-state index < -0.39 is 0 Å². The molecule has 0 aliphatic heterocycles. The Hall–Kier alpha value is -0.0800. The summed E-state index contributed by atoms with van der Waals surface area (Å²) in [7, 11) is 0. The minimum absolute atomic E-state index is 0.113. The highest BCUT2D eigenvalue weighted by Crippen LogP contribution is 2.19. The molecule has 0 heterocycles. The topological polar surface area (TPSA) is 32.3 Å². The molecule has 84 valence electrons. The second kappa shape index (κ2) is 5.72. The number of rotatable bonds is 4. The summed E-state index contributed by atoms with van der Waals surface area (Å²) in [5, 5.41) is 13.3. The van der Waals surface area contributed by atoms with Crippen molar-refractivity contribution in [2.45, 2.75) is 71.1 Å². The molecule has 2 nitrogen and oxygen atoms in total. The Kier molecular flexibility index (Phi) is 4.90. The fourth-order valence-electron chi connectivity index (χ4n) is 2.45. The fraction of sp³-hybridized carbons (Fsp3) is 1.00. The lowest BCUT2D eigenvalue weighted by molar-refractivity contribution is 0.0844. The van der Waals surface area contributed by atoms with Crippen LogP contribution in [0.4, 0.5) is 0 Å². The molecule has 1 aliphatic rings. The van der Waals surface area contributed by atoms with Gasteiger partial charge in [0.1, 0.15) is 0 Å². The summed E-state index contributed by atoms with van der Waals surface area (Å²) in [6.07, 6.45) is 5.67. The molecule has 0 amide bonds. The lowest BCUT2D eigenvalue weighted by atomic mass is 9.91. The van der Waals surface area contributed by atoms with Crippen LogP contribution in [0.25, 0.3) is 0 Å². The Labute approximate surface area is 88.1 Å². The monoisotopic (exact) mass is 199 g/mol. The first-order valence-corrected chi connectivity index (χ1v) is 6.03. The van der Waals surface area contributed by atoms with Gasteiger partial charge in [-0.3, -0.25) is 0 Å². The summed E-state index contributed by atoms with van der Waals surface area (Å²) in [5.74, 6) is 0.734. The maximum absolute atomic E-state index is 9.79. The van der Waals surface area contributed by atoms with Gasteiger partial charge in [0, 0.05) is 12.1 Å². The van der Waals surface area contributed by atoms with Crippen molar-refractivity contribution in [1.82, 2.24) is 5.32 Å². The Balaban J connectivity index is 2.27. The lowest BCUT2D eigenvalue weighted by Gasteiger charge is -2.31. The first kappa shape index (κ1) is 12.0. The number of hydrogen-bond donors (Lipinski definition) is 2. The highest BCUT2D eigenvalue weighted by molar-refractivity contribution is 4.82. The molecule has 0 saturated heterocycles. The van der Waals surface area contributed by atoms with Crippen LogP contribution in [0, 0.1) is 5.92 Å². The largest absolute Gasteiger partial charge is 0.392 e. The normalized spacial score (nSPS) is 30.6. The van der Waals surface area contributed by atoms with Gasteiger partial charge >= 0.3 is 0 Å². The van der Waals surface area contributed by atoms with Crippen molar-refractivity contribution in [3.63, 3.8) is 0 Å². The minimum Gasteiger partial charge on any atom is -0.392 e. The van der Waals surface area contributed by atoms with Gasteiger partial charge in [-0.15, -0.1) is 0 Å². The number of nitrogens with one attached hydrogen (secondary N) is 1. The number of aliphatic hydroxyl groups excluding tert-OH is 1. The standard InChI is InChI=1S/C12H25NO/c1-9(2)8-10(3)13-11-6-4-5-7-12(11)14/h9-14H,4-8H2,1-3H3/t10-,11+,12-/m0/s1. The molecule has 1 saturated carbocycles. The zero-order valence-electron chi connectivity index (χ0n) is 9.79. The van der Waals surface area contributed by atoms with Gasteiger partial charge in [0.2, 0.25) is 0 Å². The molecule has 1 fully saturated rings. The minimum atomic E-state index is -0.113.